The zero-order chi connectivity index (χ0) is 21.8. The Hall–Kier alpha value is -3.05. The maximum Gasteiger partial charge on any atom is 0.283 e. The van der Waals surface area contributed by atoms with Crippen molar-refractivity contribution in [1.82, 2.24) is 15.0 Å². The van der Waals surface area contributed by atoms with Crippen LogP contribution in [-0.2, 0) is 21.2 Å². The number of amides is 1. The highest BCUT2D eigenvalue weighted by atomic mass is 32.2. The second-order valence-corrected chi connectivity index (χ2v) is 9.62. The first kappa shape index (κ1) is 21.2. The van der Waals surface area contributed by atoms with Gasteiger partial charge in [-0.25, -0.2) is 0 Å². The number of likely N-dealkylation sites (tertiary alicyclic amines) is 1. The van der Waals surface area contributed by atoms with E-state index in [4.69, 9.17) is 4.52 Å². The number of hydrogen-bond acceptors (Lipinski definition) is 7. The van der Waals surface area contributed by atoms with Gasteiger partial charge in [0.1, 0.15) is 5.84 Å². The zero-order valence-corrected chi connectivity index (χ0v) is 18.4. The van der Waals surface area contributed by atoms with Crippen molar-refractivity contribution >= 4 is 38.8 Å². The molecule has 4 rings (SSSR count). The molecule has 1 saturated heterocycles. The van der Waals surface area contributed by atoms with Crippen LogP contribution in [0.1, 0.15) is 25.2 Å². The van der Waals surface area contributed by atoms with Crippen LogP contribution in [0.25, 0.3) is 10.7 Å². The number of nitrogens with zero attached hydrogens (tertiary/aromatic N) is 4. The largest absolute Gasteiger partial charge is 0.362 e. The molecule has 31 heavy (non-hydrogen) atoms. The Morgan fingerprint density at radius 3 is 2.77 bits per heavy atom. The van der Waals surface area contributed by atoms with Crippen molar-refractivity contribution < 1.29 is 17.7 Å². The van der Waals surface area contributed by atoms with Gasteiger partial charge in [-0.15, -0.1) is 15.7 Å². The van der Waals surface area contributed by atoms with Crippen molar-refractivity contribution in [3.05, 3.63) is 47.7 Å². The van der Waals surface area contributed by atoms with Gasteiger partial charge in [-0.3, -0.25) is 4.79 Å². The van der Waals surface area contributed by atoms with Gasteiger partial charge in [0.05, 0.1) is 9.77 Å². The molecular formula is C20H21N5O4S2. The molecule has 11 heteroatoms. The fraction of sp³-hybridized carbons (Fsp3) is 0.300. The molecule has 1 aliphatic heterocycles. The molecule has 3 heterocycles. The highest BCUT2D eigenvalue weighted by molar-refractivity contribution is 7.90. The van der Waals surface area contributed by atoms with Crippen LogP contribution in [-0.4, -0.2) is 48.8 Å². The van der Waals surface area contributed by atoms with E-state index in [1.165, 1.54) is 23.5 Å². The van der Waals surface area contributed by atoms with Gasteiger partial charge in [-0.1, -0.05) is 11.2 Å². The Balaban J connectivity index is 1.33. The first-order valence-electron chi connectivity index (χ1n) is 9.72. The molecule has 0 unspecified atom stereocenters. The highest BCUT2D eigenvalue weighted by Crippen LogP contribution is 2.22. The minimum Gasteiger partial charge on any atom is -0.362 e. The molecule has 0 saturated carbocycles. The summed E-state index contributed by atoms with van der Waals surface area (Å²) in [6.07, 6.45) is 2.02. The van der Waals surface area contributed by atoms with Crippen molar-refractivity contribution in [2.24, 2.45) is 4.40 Å². The summed E-state index contributed by atoms with van der Waals surface area (Å²) in [5, 5.41) is 8.58. The van der Waals surface area contributed by atoms with E-state index in [0.29, 0.717) is 36.1 Å². The van der Waals surface area contributed by atoms with Crippen molar-refractivity contribution in [3.63, 3.8) is 0 Å². The summed E-state index contributed by atoms with van der Waals surface area (Å²) < 4.78 is 34.1. The minimum atomic E-state index is -3.78. The van der Waals surface area contributed by atoms with Crippen LogP contribution in [0, 0.1) is 0 Å². The van der Waals surface area contributed by atoms with Gasteiger partial charge >= 0.3 is 0 Å². The summed E-state index contributed by atoms with van der Waals surface area (Å²) in [6, 6.07) is 9.77. The Labute approximate surface area is 183 Å². The first-order valence-corrected chi connectivity index (χ1v) is 12.0. The van der Waals surface area contributed by atoms with Crippen LogP contribution in [0.4, 0.5) is 5.69 Å². The molecule has 1 aliphatic rings. The van der Waals surface area contributed by atoms with Crippen LogP contribution in [0.2, 0.25) is 0 Å². The van der Waals surface area contributed by atoms with Gasteiger partial charge in [0, 0.05) is 38.5 Å². The summed E-state index contributed by atoms with van der Waals surface area (Å²) in [5.41, 5.74) is 0.499. The lowest BCUT2D eigenvalue weighted by molar-refractivity contribution is -0.116. The van der Waals surface area contributed by atoms with Gasteiger partial charge in [-0.05, 0) is 42.1 Å². The lowest BCUT2D eigenvalue weighted by Crippen LogP contribution is -2.20. The molecule has 0 bridgehead atoms. The smallest absolute Gasteiger partial charge is 0.283 e. The average molecular weight is 460 g/mol. The summed E-state index contributed by atoms with van der Waals surface area (Å²) >= 11 is 1.51. The summed E-state index contributed by atoms with van der Waals surface area (Å²) in [7, 11) is -1.95. The number of amidine groups is 1. The SMILES string of the molecule is CN1CCC/C1=N\S(=O)(=O)c1ccc(NC(=O)CCc2nc(-c3cccs3)no2)cc1. The summed E-state index contributed by atoms with van der Waals surface area (Å²) in [4.78, 5) is 19.3. The van der Waals surface area contributed by atoms with E-state index in [-0.39, 0.29) is 17.2 Å². The van der Waals surface area contributed by atoms with E-state index in [2.05, 4.69) is 19.9 Å². The summed E-state index contributed by atoms with van der Waals surface area (Å²) in [6.45, 7) is 0.804. The molecule has 0 radical (unpaired) electrons. The third kappa shape index (κ3) is 5.17. The molecular weight excluding hydrogens is 438 g/mol. The number of thiophene rings is 1. The molecule has 2 aromatic heterocycles. The fourth-order valence-electron chi connectivity index (χ4n) is 3.12. The maximum absolute atomic E-state index is 12.5. The number of sulfonamides is 1. The number of aryl methyl sites for hydroxylation is 1. The van der Waals surface area contributed by atoms with E-state index in [0.717, 1.165) is 17.8 Å². The fourth-order valence-corrected chi connectivity index (χ4v) is 4.86. The van der Waals surface area contributed by atoms with Gasteiger partial charge < -0.3 is 14.7 Å². The first-order chi connectivity index (χ1) is 14.9. The lowest BCUT2D eigenvalue weighted by Gasteiger charge is -2.11. The Morgan fingerprint density at radius 1 is 1.29 bits per heavy atom. The van der Waals surface area contributed by atoms with E-state index in [1.54, 1.807) is 12.1 Å². The predicted octanol–water partition coefficient (Wildman–Crippen LogP) is 3.18. The predicted molar refractivity (Wildman–Crippen MR) is 117 cm³/mol. The van der Waals surface area contributed by atoms with Crippen LogP contribution in [0.15, 0.2) is 55.6 Å². The molecule has 0 atom stereocenters. The highest BCUT2D eigenvalue weighted by Gasteiger charge is 2.20. The monoisotopic (exact) mass is 459 g/mol. The second-order valence-electron chi connectivity index (χ2n) is 7.07. The lowest BCUT2D eigenvalue weighted by atomic mass is 10.2. The van der Waals surface area contributed by atoms with Gasteiger partial charge in [0.25, 0.3) is 10.0 Å². The average Bonchev–Trinajstić information content (AvgIpc) is 3.49. The van der Waals surface area contributed by atoms with Gasteiger partial charge in [0.2, 0.25) is 17.6 Å². The number of nitrogens with one attached hydrogen (secondary N) is 1. The minimum absolute atomic E-state index is 0.0882. The molecule has 1 amide bonds. The maximum atomic E-state index is 12.5. The van der Waals surface area contributed by atoms with Crippen molar-refractivity contribution in [1.29, 1.82) is 0 Å². The normalized spacial score (nSPS) is 15.5. The molecule has 3 aromatic rings. The number of hydrogen-bond donors (Lipinski definition) is 1. The molecule has 0 aliphatic carbocycles. The Bertz CT molecular complexity index is 1180. The standard InChI is InChI=1S/C20H21N5O4S2/c1-25-12-2-5-17(25)24-31(27,28)15-8-6-14(7-9-15)21-18(26)10-11-19-22-20(23-29-19)16-4-3-13-30-16/h3-4,6-9,13H,2,5,10-12H2,1H3,(H,21,26)/b24-17+. The van der Waals surface area contributed by atoms with Gasteiger partial charge in [-0.2, -0.15) is 13.4 Å². The Kier molecular flexibility index (Phi) is 6.14. The molecule has 162 valence electrons. The topological polar surface area (TPSA) is 118 Å². The summed E-state index contributed by atoms with van der Waals surface area (Å²) in [5.74, 6) is 1.23. The molecule has 1 N–H and O–H groups in total. The number of aromatic nitrogens is 2. The number of benzene rings is 1. The van der Waals surface area contributed by atoms with E-state index >= 15 is 0 Å². The van der Waals surface area contributed by atoms with Gasteiger partial charge in [0.15, 0.2) is 0 Å². The zero-order valence-electron chi connectivity index (χ0n) is 16.8. The second kappa shape index (κ2) is 8.98. The van der Waals surface area contributed by atoms with Crippen molar-refractivity contribution in [2.45, 2.75) is 30.6 Å². The third-order valence-corrected chi connectivity index (χ3v) is 6.96. The Morgan fingerprint density at radius 2 is 2.10 bits per heavy atom. The van der Waals surface area contributed by atoms with Crippen LogP contribution < -0.4 is 5.32 Å². The number of anilines is 1. The number of carbonyl (C=O) groups excluding carboxylic acids is 1. The van der Waals surface area contributed by atoms with E-state index < -0.39 is 10.0 Å². The molecule has 0 spiro atoms. The van der Waals surface area contributed by atoms with Crippen LogP contribution >= 0.6 is 11.3 Å². The molecule has 9 nitrogen and oxygen atoms in total. The van der Waals surface area contributed by atoms with Crippen LogP contribution in [0.5, 0.6) is 0 Å². The molecule has 1 aromatic carbocycles. The number of carbonyl (C=O) groups is 1. The van der Waals surface area contributed by atoms with Crippen LogP contribution in [0.3, 0.4) is 0 Å². The molecule has 1 fully saturated rings. The third-order valence-electron chi connectivity index (χ3n) is 4.77. The van der Waals surface area contributed by atoms with E-state index in [9.17, 15) is 13.2 Å². The quantitative estimate of drug-likeness (QED) is 0.576. The van der Waals surface area contributed by atoms with E-state index in [1.807, 2.05) is 29.5 Å². The van der Waals surface area contributed by atoms with Crippen molar-refractivity contribution in [3.8, 4) is 10.7 Å². The van der Waals surface area contributed by atoms with Crippen molar-refractivity contribution in [2.75, 3.05) is 18.9 Å². The number of rotatable bonds is 7.